The molecule has 0 bridgehead atoms. The molecule has 20 heavy (non-hydrogen) atoms. The van der Waals surface area contributed by atoms with Crippen LogP contribution < -0.4 is 5.32 Å². The Morgan fingerprint density at radius 2 is 1.85 bits per heavy atom. The maximum absolute atomic E-state index is 12.4. The third kappa shape index (κ3) is 4.53. The average Bonchev–Trinajstić information content (AvgIpc) is 2.48. The molecule has 1 N–H and O–H groups in total. The summed E-state index contributed by atoms with van der Waals surface area (Å²) in [5.41, 5.74) is 1.02. The normalized spacial score (nSPS) is 11.5. The van der Waals surface area contributed by atoms with Gasteiger partial charge in [-0.3, -0.25) is 9.59 Å². The number of benzene rings is 1. The van der Waals surface area contributed by atoms with E-state index >= 15 is 0 Å². The van der Waals surface area contributed by atoms with Crippen LogP contribution in [0.1, 0.15) is 19.4 Å². The molecule has 1 aromatic carbocycles. The lowest BCUT2D eigenvalue weighted by Crippen LogP contribution is -2.49. The summed E-state index contributed by atoms with van der Waals surface area (Å²) in [5.74, 6) is -0.388. The Balaban J connectivity index is 2.87. The molecule has 1 atom stereocenters. The summed E-state index contributed by atoms with van der Waals surface area (Å²) in [6, 6.07) is 9.11. The van der Waals surface area contributed by atoms with Gasteiger partial charge in [0.05, 0.1) is 0 Å². The standard InChI is InChI=1S/C16H22N2O2/c1-4-15(19)17-14(16(20)18(5-2)6-3)12-13-10-8-7-9-11-13/h4,7-11,14H,1,5-6,12H2,2-3H3,(H,17,19)/t14-/m0/s1. The maximum Gasteiger partial charge on any atom is 0.245 e. The highest BCUT2D eigenvalue weighted by Crippen LogP contribution is 2.06. The molecule has 0 unspecified atom stereocenters. The molecule has 0 saturated carbocycles. The molecule has 0 aromatic heterocycles. The fourth-order valence-corrected chi connectivity index (χ4v) is 2.04. The van der Waals surface area contributed by atoms with Crippen LogP contribution in [0.2, 0.25) is 0 Å². The van der Waals surface area contributed by atoms with E-state index in [4.69, 9.17) is 0 Å². The second-order valence-corrected chi connectivity index (χ2v) is 4.47. The van der Waals surface area contributed by atoms with Crippen molar-refractivity contribution in [1.29, 1.82) is 0 Å². The minimum Gasteiger partial charge on any atom is -0.341 e. The molecule has 2 amide bonds. The fourth-order valence-electron chi connectivity index (χ4n) is 2.04. The first-order valence-corrected chi connectivity index (χ1v) is 6.88. The molecule has 4 heteroatoms. The minimum atomic E-state index is -0.553. The van der Waals surface area contributed by atoms with Crippen LogP contribution in [0.3, 0.4) is 0 Å². The number of likely N-dealkylation sites (N-methyl/N-ethyl adjacent to an activating group) is 1. The maximum atomic E-state index is 12.4. The zero-order valence-electron chi connectivity index (χ0n) is 12.1. The van der Waals surface area contributed by atoms with E-state index in [1.54, 1.807) is 4.90 Å². The summed E-state index contributed by atoms with van der Waals surface area (Å²) >= 11 is 0. The van der Waals surface area contributed by atoms with Crippen molar-refractivity contribution in [2.24, 2.45) is 0 Å². The summed E-state index contributed by atoms with van der Waals surface area (Å²) in [4.78, 5) is 25.7. The summed E-state index contributed by atoms with van der Waals surface area (Å²) in [7, 11) is 0. The van der Waals surface area contributed by atoms with Crippen LogP contribution >= 0.6 is 0 Å². The highest BCUT2D eigenvalue weighted by Gasteiger charge is 2.23. The van der Waals surface area contributed by atoms with E-state index < -0.39 is 6.04 Å². The zero-order valence-corrected chi connectivity index (χ0v) is 12.1. The molecular weight excluding hydrogens is 252 g/mol. The Hall–Kier alpha value is -2.10. The molecule has 1 aromatic rings. The van der Waals surface area contributed by atoms with Gasteiger partial charge in [-0.15, -0.1) is 0 Å². The van der Waals surface area contributed by atoms with Crippen molar-refractivity contribution in [1.82, 2.24) is 10.2 Å². The third-order valence-electron chi connectivity index (χ3n) is 3.16. The fraction of sp³-hybridized carbons (Fsp3) is 0.375. The lowest BCUT2D eigenvalue weighted by molar-refractivity contribution is -0.135. The van der Waals surface area contributed by atoms with Gasteiger partial charge < -0.3 is 10.2 Å². The minimum absolute atomic E-state index is 0.0611. The van der Waals surface area contributed by atoms with Crippen LogP contribution in [0, 0.1) is 0 Å². The second kappa shape index (κ2) is 8.15. The van der Waals surface area contributed by atoms with Crippen molar-refractivity contribution in [2.75, 3.05) is 13.1 Å². The SMILES string of the molecule is C=CC(=O)N[C@@H](Cc1ccccc1)C(=O)N(CC)CC. The first-order chi connectivity index (χ1) is 9.62. The van der Waals surface area contributed by atoms with Gasteiger partial charge in [-0.1, -0.05) is 36.9 Å². The third-order valence-corrected chi connectivity index (χ3v) is 3.16. The van der Waals surface area contributed by atoms with Crippen molar-refractivity contribution < 1.29 is 9.59 Å². The lowest BCUT2D eigenvalue weighted by Gasteiger charge is -2.25. The highest BCUT2D eigenvalue weighted by molar-refractivity contribution is 5.92. The van der Waals surface area contributed by atoms with Crippen molar-refractivity contribution in [3.8, 4) is 0 Å². The van der Waals surface area contributed by atoms with E-state index in [0.29, 0.717) is 19.5 Å². The topological polar surface area (TPSA) is 49.4 Å². The number of rotatable bonds is 7. The van der Waals surface area contributed by atoms with Gasteiger partial charge in [-0.2, -0.15) is 0 Å². The number of hydrogen-bond acceptors (Lipinski definition) is 2. The van der Waals surface area contributed by atoms with Gasteiger partial charge in [0, 0.05) is 19.5 Å². The Bertz CT molecular complexity index is 453. The van der Waals surface area contributed by atoms with Crippen LogP contribution in [-0.4, -0.2) is 35.8 Å². The van der Waals surface area contributed by atoms with E-state index in [-0.39, 0.29) is 11.8 Å². The van der Waals surface area contributed by atoms with E-state index in [9.17, 15) is 9.59 Å². The number of hydrogen-bond donors (Lipinski definition) is 1. The van der Waals surface area contributed by atoms with Gasteiger partial charge in [-0.05, 0) is 25.5 Å². The predicted octanol–water partition coefficient (Wildman–Crippen LogP) is 1.77. The molecule has 1 rings (SSSR count). The molecule has 0 aliphatic rings. The molecule has 0 saturated heterocycles. The molecule has 0 aliphatic heterocycles. The van der Waals surface area contributed by atoms with E-state index in [0.717, 1.165) is 5.56 Å². The molecule has 0 fully saturated rings. The Kier molecular flexibility index (Phi) is 6.50. The van der Waals surface area contributed by atoms with Crippen LogP contribution in [0.5, 0.6) is 0 Å². The van der Waals surface area contributed by atoms with Crippen molar-refractivity contribution in [3.63, 3.8) is 0 Å². The van der Waals surface area contributed by atoms with Gasteiger partial charge in [0.15, 0.2) is 0 Å². The van der Waals surface area contributed by atoms with Crippen LogP contribution in [0.4, 0.5) is 0 Å². The lowest BCUT2D eigenvalue weighted by atomic mass is 10.0. The quantitative estimate of drug-likeness (QED) is 0.770. The predicted molar refractivity (Wildman–Crippen MR) is 80.2 cm³/mol. The Labute approximate surface area is 120 Å². The number of amides is 2. The van der Waals surface area contributed by atoms with Gasteiger partial charge in [-0.25, -0.2) is 0 Å². The summed E-state index contributed by atoms with van der Waals surface area (Å²) < 4.78 is 0. The number of nitrogens with zero attached hydrogens (tertiary/aromatic N) is 1. The van der Waals surface area contributed by atoms with E-state index in [1.165, 1.54) is 6.08 Å². The van der Waals surface area contributed by atoms with Crippen LogP contribution in [0.15, 0.2) is 43.0 Å². The average molecular weight is 274 g/mol. The van der Waals surface area contributed by atoms with E-state index in [2.05, 4.69) is 11.9 Å². The Morgan fingerprint density at radius 1 is 1.25 bits per heavy atom. The second-order valence-electron chi connectivity index (χ2n) is 4.47. The molecule has 0 aliphatic carbocycles. The molecular formula is C16H22N2O2. The van der Waals surface area contributed by atoms with Crippen molar-refractivity contribution in [2.45, 2.75) is 26.3 Å². The smallest absolute Gasteiger partial charge is 0.245 e. The Morgan fingerprint density at radius 3 is 2.35 bits per heavy atom. The molecule has 0 radical (unpaired) electrons. The number of carbonyl (C=O) groups is 2. The van der Waals surface area contributed by atoms with Gasteiger partial charge in [0.1, 0.15) is 6.04 Å². The molecule has 0 heterocycles. The molecule has 108 valence electrons. The number of carbonyl (C=O) groups excluding carboxylic acids is 2. The monoisotopic (exact) mass is 274 g/mol. The number of nitrogens with one attached hydrogen (secondary N) is 1. The molecule has 4 nitrogen and oxygen atoms in total. The zero-order chi connectivity index (χ0) is 15.0. The highest BCUT2D eigenvalue weighted by atomic mass is 16.2. The first kappa shape index (κ1) is 16.0. The van der Waals surface area contributed by atoms with Gasteiger partial charge >= 0.3 is 0 Å². The van der Waals surface area contributed by atoms with Crippen LogP contribution in [-0.2, 0) is 16.0 Å². The summed E-state index contributed by atoms with van der Waals surface area (Å²) in [5, 5.41) is 2.72. The van der Waals surface area contributed by atoms with Gasteiger partial charge in [0.25, 0.3) is 0 Å². The van der Waals surface area contributed by atoms with Gasteiger partial charge in [0.2, 0.25) is 11.8 Å². The summed E-state index contributed by atoms with van der Waals surface area (Å²) in [6.45, 7) is 8.54. The first-order valence-electron chi connectivity index (χ1n) is 6.88. The molecule has 0 spiro atoms. The van der Waals surface area contributed by atoms with Crippen molar-refractivity contribution in [3.05, 3.63) is 48.6 Å². The summed E-state index contributed by atoms with van der Waals surface area (Å²) in [6.07, 6.45) is 1.67. The van der Waals surface area contributed by atoms with E-state index in [1.807, 2.05) is 44.2 Å². The van der Waals surface area contributed by atoms with Crippen LogP contribution in [0.25, 0.3) is 0 Å². The largest absolute Gasteiger partial charge is 0.341 e. The van der Waals surface area contributed by atoms with Crippen molar-refractivity contribution >= 4 is 11.8 Å².